The molecular weight excluding hydrogens is 342 g/mol. The molecule has 0 amide bonds. The molecule has 0 N–H and O–H groups in total. The summed E-state index contributed by atoms with van der Waals surface area (Å²) >= 11 is 0. The van der Waals surface area contributed by atoms with Gasteiger partial charge in [-0.15, -0.1) is 12.4 Å². The fourth-order valence-corrected chi connectivity index (χ4v) is 2.99. The minimum atomic E-state index is 0. The quantitative estimate of drug-likeness (QED) is 0.740. The lowest BCUT2D eigenvalue weighted by molar-refractivity contribution is -0.0745. The number of pyridine rings is 1. The molecule has 1 aromatic rings. The maximum Gasteiger partial charge on any atom is 0.138 e. The lowest BCUT2D eigenvalue weighted by Crippen LogP contribution is -2.33. The molecule has 2 unspecified atom stereocenters. The van der Waals surface area contributed by atoms with Crippen LogP contribution in [0.5, 0.6) is 5.75 Å². The van der Waals surface area contributed by atoms with Gasteiger partial charge in [0.2, 0.25) is 0 Å². The Bertz CT molecular complexity index is 570. The molecule has 3 rings (SSSR count). The first-order valence-electron chi connectivity index (χ1n) is 8.57. The molecule has 2 atom stereocenters. The molecule has 1 aliphatic carbocycles. The number of aromatic nitrogens is 1. The second kappa shape index (κ2) is 10.6. The fraction of sp³-hybridized carbons (Fsp3) is 0.526. The van der Waals surface area contributed by atoms with Crippen molar-refractivity contribution in [3.05, 3.63) is 47.8 Å². The average Bonchev–Trinajstić information content (AvgIpc) is 2.66. The topological polar surface area (TPSA) is 49.8 Å². The Morgan fingerprint density at radius 1 is 1.32 bits per heavy atom. The van der Waals surface area contributed by atoms with Crippen molar-refractivity contribution < 1.29 is 18.9 Å². The summed E-state index contributed by atoms with van der Waals surface area (Å²) in [6.07, 6.45) is 8.77. The van der Waals surface area contributed by atoms with Crippen LogP contribution in [0, 0.1) is 5.92 Å². The Kier molecular flexibility index (Phi) is 8.41. The van der Waals surface area contributed by atoms with E-state index in [2.05, 4.69) is 17.1 Å². The summed E-state index contributed by atoms with van der Waals surface area (Å²) in [6, 6.07) is 3.79. The number of rotatable bonds is 7. The maximum absolute atomic E-state index is 5.93. The zero-order valence-corrected chi connectivity index (χ0v) is 15.4. The maximum atomic E-state index is 5.93. The highest BCUT2D eigenvalue weighted by Gasteiger charge is 2.26. The smallest absolute Gasteiger partial charge is 0.138 e. The van der Waals surface area contributed by atoms with E-state index in [1.807, 2.05) is 19.1 Å². The summed E-state index contributed by atoms with van der Waals surface area (Å²) in [5.41, 5.74) is 2.44. The molecule has 138 valence electrons. The molecule has 25 heavy (non-hydrogen) atoms. The van der Waals surface area contributed by atoms with Gasteiger partial charge in [-0.3, -0.25) is 4.98 Å². The number of nitrogens with zero attached hydrogens (tertiary/aromatic N) is 1. The first-order chi connectivity index (χ1) is 11.9. The van der Waals surface area contributed by atoms with Crippen LogP contribution in [-0.4, -0.2) is 50.7 Å². The van der Waals surface area contributed by atoms with Crippen LogP contribution in [0.15, 0.2) is 47.8 Å². The zero-order valence-electron chi connectivity index (χ0n) is 14.6. The van der Waals surface area contributed by atoms with Crippen molar-refractivity contribution in [2.24, 2.45) is 5.92 Å². The van der Waals surface area contributed by atoms with Gasteiger partial charge in [-0.1, -0.05) is 12.2 Å². The van der Waals surface area contributed by atoms with Gasteiger partial charge in [0.25, 0.3) is 0 Å². The Balaban J connectivity index is 0.00000225. The van der Waals surface area contributed by atoms with Gasteiger partial charge in [-0.2, -0.15) is 0 Å². The Hall–Kier alpha value is -1.40. The van der Waals surface area contributed by atoms with Gasteiger partial charge in [0.05, 0.1) is 32.6 Å². The van der Waals surface area contributed by atoms with E-state index in [1.165, 1.54) is 11.1 Å². The van der Waals surface area contributed by atoms with Crippen molar-refractivity contribution in [1.82, 2.24) is 4.98 Å². The lowest BCUT2D eigenvalue weighted by atomic mass is 9.87. The molecule has 0 bridgehead atoms. The Labute approximate surface area is 155 Å². The van der Waals surface area contributed by atoms with Gasteiger partial charge in [-0.05, 0) is 36.6 Å². The van der Waals surface area contributed by atoms with Crippen molar-refractivity contribution in [2.75, 3.05) is 39.6 Å². The largest absolute Gasteiger partial charge is 0.487 e. The first-order valence-corrected chi connectivity index (χ1v) is 8.57. The monoisotopic (exact) mass is 367 g/mol. The lowest BCUT2D eigenvalue weighted by Gasteiger charge is -2.31. The van der Waals surface area contributed by atoms with Crippen molar-refractivity contribution in [3.8, 4) is 5.75 Å². The fourth-order valence-electron chi connectivity index (χ4n) is 2.99. The summed E-state index contributed by atoms with van der Waals surface area (Å²) in [7, 11) is 0. The molecule has 5 nitrogen and oxygen atoms in total. The molecule has 0 aromatic carbocycles. The van der Waals surface area contributed by atoms with E-state index in [0.717, 1.165) is 25.4 Å². The molecule has 1 aromatic heterocycles. The van der Waals surface area contributed by atoms with Gasteiger partial charge >= 0.3 is 0 Å². The molecule has 1 saturated heterocycles. The highest BCUT2D eigenvalue weighted by Crippen LogP contribution is 2.29. The molecule has 2 heterocycles. The molecule has 0 spiro atoms. The number of ether oxygens (including phenoxy) is 4. The highest BCUT2D eigenvalue weighted by molar-refractivity contribution is 5.85. The van der Waals surface area contributed by atoms with E-state index < -0.39 is 0 Å². The first kappa shape index (κ1) is 19.9. The third kappa shape index (κ3) is 5.82. The molecule has 2 aliphatic rings. The van der Waals surface area contributed by atoms with Crippen molar-refractivity contribution in [1.29, 1.82) is 0 Å². The predicted octanol–water partition coefficient (Wildman–Crippen LogP) is 3.21. The van der Waals surface area contributed by atoms with E-state index in [0.29, 0.717) is 32.3 Å². The summed E-state index contributed by atoms with van der Waals surface area (Å²) in [4.78, 5) is 4.08. The van der Waals surface area contributed by atoms with Crippen LogP contribution in [0.1, 0.15) is 13.3 Å². The van der Waals surface area contributed by atoms with Gasteiger partial charge in [0.1, 0.15) is 18.5 Å². The minimum Gasteiger partial charge on any atom is -0.487 e. The van der Waals surface area contributed by atoms with E-state index in [1.54, 1.807) is 12.4 Å². The van der Waals surface area contributed by atoms with Gasteiger partial charge in [0, 0.05) is 18.7 Å². The summed E-state index contributed by atoms with van der Waals surface area (Å²) < 4.78 is 23.0. The number of halogens is 1. The summed E-state index contributed by atoms with van der Waals surface area (Å²) in [6.45, 7) is 5.94. The number of hydrogen-bond donors (Lipinski definition) is 0. The molecular formula is C19H26ClNO4. The second-order valence-electron chi connectivity index (χ2n) is 5.95. The normalized spacial score (nSPS) is 23.2. The minimum absolute atomic E-state index is 0. The van der Waals surface area contributed by atoms with E-state index >= 15 is 0 Å². The van der Waals surface area contributed by atoms with E-state index in [9.17, 15) is 0 Å². The zero-order chi connectivity index (χ0) is 16.6. The van der Waals surface area contributed by atoms with Crippen molar-refractivity contribution in [2.45, 2.75) is 19.4 Å². The van der Waals surface area contributed by atoms with Crippen LogP contribution < -0.4 is 4.74 Å². The van der Waals surface area contributed by atoms with Crippen molar-refractivity contribution >= 4 is 12.4 Å². The standard InChI is InChI=1S/C19H25NO4.ClH/c1-2-21-12-15-5-6-16(13-24-17-4-3-7-20-11-17)18(10-15)19-14-22-8-9-23-19;/h3-7,11,15,19H,2,8-10,12-14H2,1H3;1H. The average molecular weight is 368 g/mol. The van der Waals surface area contributed by atoms with Gasteiger partial charge in [-0.25, -0.2) is 0 Å². The van der Waals surface area contributed by atoms with E-state index in [-0.39, 0.29) is 18.5 Å². The molecule has 6 heteroatoms. The van der Waals surface area contributed by atoms with Crippen LogP contribution >= 0.6 is 12.4 Å². The van der Waals surface area contributed by atoms with Crippen LogP contribution in [0.25, 0.3) is 0 Å². The van der Waals surface area contributed by atoms with Crippen LogP contribution in [0.2, 0.25) is 0 Å². The third-order valence-corrected chi connectivity index (χ3v) is 4.23. The molecule has 0 radical (unpaired) electrons. The summed E-state index contributed by atoms with van der Waals surface area (Å²) in [5, 5.41) is 0. The van der Waals surface area contributed by atoms with Crippen LogP contribution in [0.3, 0.4) is 0 Å². The SMILES string of the molecule is CCOCC1C=CC(COc2cccnc2)=C(C2COCCO2)C1.Cl. The van der Waals surface area contributed by atoms with Crippen LogP contribution in [-0.2, 0) is 14.2 Å². The Morgan fingerprint density at radius 3 is 2.96 bits per heavy atom. The molecule has 0 saturated carbocycles. The molecule has 1 fully saturated rings. The Morgan fingerprint density at radius 2 is 2.24 bits per heavy atom. The van der Waals surface area contributed by atoms with Gasteiger partial charge in [0.15, 0.2) is 0 Å². The molecule has 1 aliphatic heterocycles. The highest BCUT2D eigenvalue weighted by atomic mass is 35.5. The van der Waals surface area contributed by atoms with Crippen LogP contribution in [0.4, 0.5) is 0 Å². The summed E-state index contributed by atoms with van der Waals surface area (Å²) in [5.74, 6) is 1.16. The predicted molar refractivity (Wildman–Crippen MR) is 98.3 cm³/mol. The van der Waals surface area contributed by atoms with Gasteiger partial charge < -0.3 is 18.9 Å². The van der Waals surface area contributed by atoms with Crippen molar-refractivity contribution in [3.63, 3.8) is 0 Å². The second-order valence-corrected chi connectivity index (χ2v) is 5.95. The number of hydrogen-bond acceptors (Lipinski definition) is 5. The third-order valence-electron chi connectivity index (χ3n) is 4.23. The van der Waals surface area contributed by atoms with E-state index in [4.69, 9.17) is 18.9 Å².